The molecule has 1 saturated heterocycles. The summed E-state index contributed by atoms with van der Waals surface area (Å²) >= 11 is 0. The average Bonchev–Trinajstić information content (AvgIpc) is 3.25. The number of nitrogens with one attached hydrogen (secondary N) is 2. The lowest BCUT2D eigenvalue weighted by Gasteiger charge is -2.28. The summed E-state index contributed by atoms with van der Waals surface area (Å²) in [6.45, 7) is 8.34. The molecule has 29 heavy (non-hydrogen) atoms. The summed E-state index contributed by atoms with van der Waals surface area (Å²) in [6.07, 6.45) is 2.49. The maximum Gasteiger partial charge on any atom is 0.191 e. The van der Waals surface area contributed by atoms with Crippen molar-refractivity contribution in [2.45, 2.75) is 25.8 Å². The van der Waals surface area contributed by atoms with Gasteiger partial charge in [-0.1, -0.05) is 18.2 Å². The molecule has 1 aromatic carbocycles. The van der Waals surface area contributed by atoms with Crippen LogP contribution in [0.4, 0.5) is 0 Å². The third-order valence-corrected chi connectivity index (χ3v) is 4.82. The van der Waals surface area contributed by atoms with E-state index in [2.05, 4.69) is 34.6 Å². The van der Waals surface area contributed by atoms with Crippen molar-refractivity contribution >= 4 is 29.9 Å². The van der Waals surface area contributed by atoms with Gasteiger partial charge in [0.1, 0.15) is 5.75 Å². The molecular formula is C21H37IN4O3. The number of hydrogen-bond donors (Lipinski definition) is 2. The fourth-order valence-electron chi connectivity index (χ4n) is 3.41. The summed E-state index contributed by atoms with van der Waals surface area (Å²) in [4.78, 5) is 7.37. The Bertz CT molecular complexity index is 583. The van der Waals surface area contributed by atoms with E-state index in [-0.39, 0.29) is 30.0 Å². The van der Waals surface area contributed by atoms with Crippen LogP contribution in [0.5, 0.6) is 5.75 Å². The third kappa shape index (κ3) is 9.06. The molecule has 1 fully saturated rings. The van der Waals surface area contributed by atoms with Gasteiger partial charge < -0.3 is 24.8 Å². The summed E-state index contributed by atoms with van der Waals surface area (Å²) in [7, 11) is 3.41. The molecule has 1 heterocycles. The van der Waals surface area contributed by atoms with Crippen molar-refractivity contribution in [1.29, 1.82) is 0 Å². The normalized spacial score (nSPS) is 15.6. The number of nitrogens with zero attached hydrogens (tertiary/aromatic N) is 2. The highest BCUT2D eigenvalue weighted by Gasteiger charge is 2.25. The highest BCUT2D eigenvalue weighted by molar-refractivity contribution is 14.0. The quantitative estimate of drug-likeness (QED) is 0.191. The van der Waals surface area contributed by atoms with Crippen LogP contribution in [0.3, 0.4) is 0 Å². The zero-order valence-electron chi connectivity index (χ0n) is 18.0. The van der Waals surface area contributed by atoms with Crippen LogP contribution in [-0.2, 0) is 9.47 Å². The zero-order chi connectivity index (χ0) is 20.0. The van der Waals surface area contributed by atoms with Crippen molar-refractivity contribution in [2.75, 3.05) is 66.8 Å². The first-order chi connectivity index (χ1) is 13.8. The van der Waals surface area contributed by atoms with Gasteiger partial charge in [-0.2, -0.15) is 0 Å². The SMILES string of the molecule is CCNC(=NCC(c1ccccc1OC)N1CCCC1)NCCOCCOC.I. The molecule has 0 radical (unpaired) electrons. The van der Waals surface area contributed by atoms with Crippen molar-refractivity contribution < 1.29 is 14.2 Å². The zero-order valence-corrected chi connectivity index (χ0v) is 20.3. The Morgan fingerprint density at radius 2 is 1.86 bits per heavy atom. The molecule has 1 aliphatic heterocycles. The topological polar surface area (TPSA) is 67.4 Å². The van der Waals surface area contributed by atoms with E-state index in [4.69, 9.17) is 19.2 Å². The first-order valence-corrected chi connectivity index (χ1v) is 10.3. The van der Waals surface area contributed by atoms with Gasteiger partial charge in [-0.15, -0.1) is 24.0 Å². The van der Waals surface area contributed by atoms with Crippen LogP contribution in [0.15, 0.2) is 29.3 Å². The molecular weight excluding hydrogens is 483 g/mol. The van der Waals surface area contributed by atoms with Crippen LogP contribution in [0.1, 0.15) is 31.4 Å². The van der Waals surface area contributed by atoms with E-state index in [1.54, 1.807) is 14.2 Å². The molecule has 1 aliphatic rings. The van der Waals surface area contributed by atoms with E-state index in [1.807, 2.05) is 12.1 Å². The van der Waals surface area contributed by atoms with E-state index in [0.29, 0.717) is 32.9 Å². The number of rotatable bonds is 12. The number of methoxy groups -OCH3 is 2. The van der Waals surface area contributed by atoms with E-state index in [9.17, 15) is 0 Å². The van der Waals surface area contributed by atoms with Gasteiger partial charge in [-0.05, 0) is 38.9 Å². The first kappa shape index (κ1) is 25.9. The van der Waals surface area contributed by atoms with Crippen molar-refractivity contribution in [3.05, 3.63) is 29.8 Å². The molecule has 2 rings (SSSR count). The van der Waals surface area contributed by atoms with Crippen molar-refractivity contribution in [3.8, 4) is 5.75 Å². The van der Waals surface area contributed by atoms with Crippen LogP contribution in [0, 0.1) is 0 Å². The Morgan fingerprint density at radius 3 is 2.55 bits per heavy atom. The molecule has 8 heteroatoms. The van der Waals surface area contributed by atoms with Gasteiger partial charge in [-0.25, -0.2) is 0 Å². The first-order valence-electron chi connectivity index (χ1n) is 10.3. The van der Waals surface area contributed by atoms with E-state index >= 15 is 0 Å². The van der Waals surface area contributed by atoms with E-state index < -0.39 is 0 Å². The van der Waals surface area contributed by atoms with Gasteiger partial charge in [0.25, 0.3) is 0 Å². The van der Waals surface area contributed by atoms with Crippen LogP contribution < -0.4 is 15.4 Å². The maximum atomic E-state index is 5.62. The smallest absolute Gasteiger partial charge is 0.191 e. The Kier molecular flexibility index (Phi) is 14.0. The number of aliphatic imine (C=N–C) groups is 1. The molecule has 0 bridgehead atoms. The number of ether oxygens (including phenoxy) is 3. The van der Waals surface area contributed by atoms with Gasteiger partial charge in [0.2, 0.25) is 0 Å². The van der Waals surface area contributed by atoms with Gasteiger partial charge in [0.05, 0.1) is 39.5 Å². The minimum atomic E-state index is 0. The summed E-state index contributed by atoms with van der Waals surface area (Å²) in [5.41, 5.74) is 1.20. The minimum Gasteiger partial charge on any atom is -0.496 e. The number of benzene rings is 1. The molecule has 0 aromatic heterocycles. The lowest BCUT2D eigenvalue weighted by molar-refractivity contribution is 0.0733. The van der Waals surface area contributed by atoms with Gasteiger partial charge in [0.15, 0.2) is 5.96 Å². The van der Waals surface area contributed by atoms with Crippen molar-refractivity contribution in [1.82, 2.24) is 15.5 Å². The summed E-state index contributed by atoms with van der Waals surface area (Å²) in [5.74, 6) is 1.75. The number of halogens is 1. The van der Waals surface area contributed by atoms with Gasteiger partial charge in [-0.3, -0.25) is 9.89 Å². The monoisotopic (exact) mass is 520 g/mol. The molecule has 2 N–H and O–H groups in total. The van der Waals surface area contributed by atoms with Crippen molar-refractivity contribution in [3.63, 3.8) is 0 Å². The summed E-state index contributed by atoms with van der Waals surface area (Å²) < 4.78 is 16.1. The molecule has 0 aliphatic carbocycles. The second kappa shape index (κ2) is 15.7. The Morgan fingerprint density at radius 1 is 1.10 bits per heavy atom. The highest BCUT2D eigenvalue weighted by atomic mass is 127. The number of likely N-dealkylation sites (tertiary alicyclic amines) is 1. The number of hydrogen-bond acceptors (Lipinski definition) is 5. The number of guanidine groups is 1. The maximum absolute atomic E-state index is 5.62. The van der Waals surface area contributed by atoms with E-state index in [1.165, 1.54) is 18.4 Å². The van der Waals surface area contributed by atoms with Crippen LogP contribution in [0.25, 0.3) is 0 Å². The lowest BCUT2D eigenvalue weighted by Crippen LogP contribution is -2.40. The Hall–Kier alpha value is -1.10. The molecule has 1 unspecified atom stereocenters. The Labute approximate surface area is 192 Å². The minimum absolute atomic E-state index is 0. The second-order valence-corrected chi connectivity index (χ2v) is 6.75. The molecule has 0 saturated carbocycles. The fraction of sp³-hybridized carbons (Fsp3) is 0.667. The molecule has 0 amide bonds. The lowest BCUT2D eigenvalue weighted by atomic mass is 10.0. The molecule has 166 valence electrons. The standard InChI is InChI=1S/C21H36N4O3.HI/c1-4-22-21(23-11-14-28-16-15-26-2)24-17-19(25-12-7-8-13-25)18-9-5-6-10-20(18)27-3;/h5-6,9-10,19H,4,7-8,11-17H2,1-3H3,(H2,22,23,24);1H. The molecule has 1 aromatic rings. The highest BCUT2D eigenvalue weighted by Crippen LogP contribution is 2.31. The average molecular weight is 520 g/mol. The van der Waals surface area contributed by atoms with E-state index in [0.717, 1.165) is 31.3 Å². The summed E-state index contributed by atoms with van der Waals surface area (Å²) in [5, 5.41) is 6.67. The predicted molar refractivity (Wildman–Crippen MR) is 129 cm³/mol. The Balaban J connectivity index is 0.00000420. The fourth-order valence-corrected chi connectivity index (χ4v) is 3.41. The van der Waals surface area contributed by atoms with Crippen LogP contribution in [0.2, 0.25) is 0 Å². The van der Waals surface area contributed by atoms with Gasteiger partial charge in [0, 0.05) is 25.8 Å². The van der Waals surface area contributed by atoms with Gasteiger partial charge >= 0.3 is 0 Å². The predicted octanol–water partition coefficient (Wildman–Crippen LogP) is 2.67. The summed E-state index contributed by atoms with van der Waals surface area (Å²) in [6, 6.07) is 8.49. The molecule has 7 nitrogen and oxygen atoms in total. The van der Waals surface area contributed by atoms with Crippen LogP contribution >= 0.6 is 24.0 Å². The van der Waals surface area contributed by atoms with Crippen LogP contribution in [-0.4, -0.2) is 77.6 Å². The molecule has 0 spiro atoms. The largest absolute Gasteiger partial charge is 0.496 e. The van der Waals surface area contributed by atoms with Crippen molar-refractivity contribution in [2.24, 2.45) is 4.99 Å². The second-order valence-electron chi connectivity index (χ2n) is 6.75. The third-order valence-electron chi connectivity index (χ3n) is 4.82. The number of para-hydroxylation sites is 1. The molecule has 1 atom stereocenters.